The van der Waals surface area contributed by atoms with Crippen molar-refractivity contribution in [1.29, 1.82) is 0 Å². The maximum atomic E-state index is 12.2. The molecule has 0 saturated carbocycles. The molecular weight excluding hydrogens is 264 g/mol. The van der Waals surface area contributed by atoms with Gasteiger partial charge >= 0.3 is 0 Å². The smallest absolute Gasteiger partial charge is 0.260 e. The second kappa shape index (κ2) is 3.76. The van der Waals surface area contributed by atoms with Gasteiger partial charge in [-0.1, -0.05) is 6.07 Å². The van der Waals surface area contributed by atoms with Crippen molar-refractivity contribution in [3.8, 4) is 10.7 Å². The van der Waals surface area contributed by atoms with Crippen LogP contribution in [0.3, 0.4) is 0 Å². The van der Waals surface area contributed by atoms with Gasteiger partial charge < -0.3 is 4.98 Å². The molecular formula is C13H10N2OS2. The Morgan fingerprint density at radius 1 is 1.33 bits per heavy atom. The number of hydrogen-bond acceptors (Lipinski definition) is 4. The summed E-state index contributed by atoms with van der Waals surface area (Å²) in [5, 5.41) is 2.82. The molecule has 0 aliphatic heterocycles. The van der Waals surface area contributed by atoms with Gasteiger partial charge in [-0.15, -0.1) is 22.7 Å². The molecule has 1 aliphatic rings. The monoisotopic (exact) mass is 274 g/mol. The predicted molar refractivity (Wildman–Crippen MR) is 75.6 cm³/mol. The molecule has 3 aromatic heterocycles. The standard InChI is InChI=1S/C13H10N2OS2/c16-12-10-7-3-1-4-8(7)18-13(10)15-11(14-12)9-5-2-6-17-9/h2,5-6H,1,3-4H2,(H,14,15,16). The van der Waals surface area contributed by atoms with Gasteiger partial charge in [0.15, 0.2) is 5.82 Å². The highest BCUT2D eigenvalue weighted by Gasteiger charge is 2.21. The zero-order valence-electron chi connectivity index (χ0n) is 9.53. The fourth-order valence-corrected chi connectivity index (χ4v) is 4.46. The van der Waals surface area contributed by atoms with Gasteiger partial charge in [0.2, 0.25) is 0 Å². The highest BCUT2D eigenvalue weighted by Crippen LogP contribution is 2.35. The SMILES string of the molecule is O=c1[nH]c(-c2cccs2)nc2sc3c(c12)CCC3. The number of nitrogens with one attached hydrogen (secondary N) is 1. The van der Waals surface area contributed by atoms with Crippen molar-refractivity contribution >= 4 is 32.9 Å². The van der Waals surface area contributed by atoms with Crippen molar-refractivity contribution in [3.05, 3.63) is 38.3 Å². The maximum absolute atomic E-state index is 12.2. The van der Waals surface area contributed by atoms with Crippen LogP contribution < -0.4 is 5.56 Å². The zero-order chi connectivity index (χ0) is 12.1. The summed E-state index contributed by atoms with van der Waals surface area (Å²) in [7, 11) is 0. The first-order valence-electron chi connectivity index (χ1n) is 5.91. The van der Waals surface area contributed by atoms with E-state index in [2.05, 4.69) is 9.97 Å². The van der Waals surface area contributed by atoms with Gasteiger partial charge in [-0.05, 0) is 36.3 Å². The van der Waals surface area contributed by atoms with Crippen molar-refractivity contribution in [2.24, 2.45) is 0 Å². The Morgan fingerprint density at radius 2 is 2.28 bits per heavy atom. The Morgan fingerprint density at radius 3 is 3.11 bits per heavy atom. The van der Waals surface area contributed by atoms with E-state index in [1.807, 2.05) is 17.5 Å². The minimum Gasteiger partial charge on any atom is -0.305 e. The number of aromatic amines is 1. The van der Waals surface area contributed by atoms with E-state index in [4.69, 9.17) is 0 Å². The van der Waals surface area contributed by atoms with E-state index in [9.17, 15) is 4.79 Å². The van der Waals surface area contributed by atoms with Gasteiger partial charge in [0, 0.05) is 4.88 Å². The molecule has 0 spiro atoms. The summed E-state index contributed by atoms with van der Waals surface area (Å²) >= 11 is 3.28. The molecule has 0 saturated heterocycles. The van der Waals surface area contributed by atoms with E-state index in [0.717, 1.165) is 27.9 Å². The normalized spacial score (nSPS) is 14.2. The van der Waals surface area contributed by atoms with Gasteiger partial charge in [-0.3, -0.25) is 4.79 Å². The Bertz CT molecular complexity index is 783. The molecule has 0 fully saturated rings. The van der Waals surface area contributed by atoms with Crippen LogP contribution in [0.2, 0.25) is 0 Å². The largest absolute Gasteiger partial charge is 0.305 e. The summed E-state index contributed by atoms with van der Waals surface area (Å²) in [5.74, 6) is 0.697. The van der Waals surface area contributed by atoms with Gasteiger partial charge in [0.25, 0.3) is 5.56 Å². The molecule has 0 bridgehead atoms. The van der Waals surface area contributed by atoms with Crippen LogP contribution in [0.4, 0.5) is 0 Å². The molecule has 0 unspecified atom stereocenters. The molecule has 3 heterocycles. The Balaban J connectivity index is 2.03. The quantitative estimate of drug-likeness (QED) is 0.740. The number of nitrogens with zero attached hydrogens (tertiary/aromatic N) is 1. The van der Waals surface area contributed by atoms with Crippen molar-refractivity contribution in [2.75, 3.05) is 0 Å². The summed E-state index contributed by atoms with van der Waals surface area (Å²) in [5.41, 5.74) is 1.25. The van der Waals surface area contributed by atoms with Crippen molar-refractivity contribution in [1.82, 2.24) is 9.97 Å². The zero-order valence-corrected chi connectivity index (χ0v) is 11.2. The van der Waals surface area contributed by atoms with Crippen molar-refractivity contribution in [2.45, 2.75) is 19.3 Å². The van der Waals surface area contributed by atoms with Gasteiger partial charge in [-0.25, -0.2) is 4.98 Å². The average Bonchev–Trinajstić information content (AvgIpc) is 3.04. The van der Waals surface area contributed by atoms with Gasteiger partial charge in [0.05, 0.1) is 10.3 Å². The molecule has 18 heavy (non-hydrogen) atoms. The third-order valence-electron chi connectivity index (χ3n) is 3.33. The Hall–Kier alpha value is -1.46. The number of rotatable bonds is 1. The first-order chi connectivity index (χ1) is 8.83. The number of aryl methyl sites for hydroxylation is 2. The molecule has 0 aromatic carbocycles. The third-order valence-corrected chi connectivity index (χ3v) is 5.39. The topological polar surface area (TPSA) is 45.8 Å². The maximum Gasteiger partial charge on any atom is 0.260 e. The minimum absolute atomic E-state index is 0.0165. The molecule has 3 nitrogen and oxygen atoms in total. The molecule has 0 radical (unpaired) electrons. The molecule has 0 atom stereocenters. The van der Waals surface area contributed by atoms with Crippen LogP contribution in [-0.2, 0) is 12.8 Å². The highest BCUT2D eigenvalue weighted by molar-refractivity contribution is 7.19. The second-order valence-electron chi connectivity index (χ2n) is 4.43. The fourth-order valence-electron chi connectivity index (χ4n) is 2.53. The Labute approximate surface area is 111 Å². The van der Waals surface area contributed by atoms with E-state index in [0.29, 0.717) is 5.82 Å². The van der Waals surface area contributed by atoms with E-state index >= 15 is 0 Å². The fraction of sp³-hybridized carbons (Fsp3) is 0.231. The lowest BCUT2D eigenvalue weighted by Gasteiger charge is -1.98. The van der Waals surface area contributed by atoms with Crippen LogP contribution in [0.15, 0.2) is 22.3 Å². The van der Waals surface area contributed by atoms with E-state index < -0.39 is 0 Å². The first kappa shape index (κ1) is 10.5. The lowest BCUT2D eigenvalue weighted by molar-refractivity contribution is 0.916. The number of thiophene rings is 2. The van der Waals surface area contributed by atoms with Crippen LogP contribution in [0.25, 0.3) is 20.9 Å². The van der Waals surface area contributed by atoms with Gasteiger partial charge in [-0.2, -0.15) is 0 Å². The van der Waals surface area contributed by atoms with Crippen LogP contribution in [-0.4, -0.2) is 9.97 Å². The van der Waals surface area contributed by atoms with E-state index in [-0.39, 0.29) is 5.56 Å². The van der Waals surface area contributed by atoms with Crippen LogP contribution >= 0.6 is 22.7 Å². The number of aromatic nitrogens is 2. The molecule has 0 amide bonds. The summed E-state index contributed by atoms with van der Waals surface area (Å²) in [6, 6.07) is 3.95. The lowest BCUT2D eigenvalue weighted by atomic mass is 10.2. The second-order valence-corrected chi connectivity index (χ2v) is 6.46. The Kier molecular flexibility index (Phi) is 2.19. The molecule has 5 heteroatoms. The van der Waals surface area contributed by atoms with E-state index in [1.54, 1.807) is 22.7 Å². The van der Waals surface area contributed by atoms with Crippen molar-refractivity contribution in [3.63, 3.8) is 0 Å². The number of H-pyrrole nitrogens is 1. The molecule has 90 valence electrons. The van der Waals surface area contributed by atoms with E-state index in [1.165, 1.54) is 16.9 Å². The van der Waals surface area contributed by atoms with Crippen LogP contribution in [0, 0.1) is 0 Å². The number of fused-ring (bicyclic) bond motifs is 3. The highest BCUT2D eigenvalue weighted by atomic mass is 32.1. The molecule has 4 rings (SSSR count). The molecule has 3 aromatic rings. The summed E-state index contributed by atoms with van der Waals surface area (Å²) in [6.45, 7) is 0. The van der Waals surface area contributed by atoms with Crippen LogP contribution in [0.1, 0.15) is 16.9 Å². The predicted octanol–water partition coefficient (Wildman–Crippen LogP) is 3.20. The summed E-state index contributed by atoms with van der Waals surface area (Å²) < 4.78 is 0. The summed E-state index contributed by atoms with van der Waals surface area (Å²) in [6.07, 6.45) is 3.30. The number of hydrogen-bond donors (Lipinski definition) is 1. The summed E-state index contributed by atoms with van der Waals surface area (Å²) in [4.78, 5) is 23.0. The first-order valence-corrected chi connectivity index (χ1v) is 7.61. The van der Waals surface area contributed by atoms with Crippen molar-refractivity contribution < 1.29 is 0 Å². The third kappa shape index (κ3) is 1.41. The minimum atomic E-state index is 0.0165. The van der Waals surface area contributed by atoms with Crippen LogP contribution in [0.5, 0.6) is 0 Å². The lowest BCUT2D eigenvalue weighted by Crippen LogP contribution is -2.09. The van der Waals surface area contributed by atoms with Gasteiger partial charge in [0.1, 0.15) is 4.83 Å². The molecule has 1 aliphatic carbocycles. The average molecular weight is 274 g/mol. The molecule has 1 N–H and O–H groups in total.